The highest BCUT2D eigenvalue weighted by Gasteiger charge is 2.19. The number of carbonyl (C=O) groups is 2. The molecule has 6 nitrogen and oxygen atoms in total. The van der Waals surface area contributed by atoms with E-state index in [-0.39, 0.29) is 18.4 Å². The minimum absolute atomic E-state index is 0.101. The zero-order chi connectivity index (χ0) is 15.1. The summed E-state index contributed by atoms with van der Waals surface area (Å²) in [6, 6.07) is 6.16. The van der Waals surface area contributed by atoms with E-state index in [1.54, 1.807) is 24.3 Å². The second-order valence-electron chi connectivity index (χ2n) is 4.68. The van der Waals surface area contributed by atoms with Crippen molar-refractivity contribution >= 4 is 17.5 Å². The number of nitrogens with one attached hydrogen (secondary N) is 1. The first-order valence-electron chi connectivity index (χ1n) is 6.51. The van der Waals surface area contributed by atoms with Crippen LogP contribution in [0.25, 0.3) is 0 Å². The summed E-state index contributed by atoms with van der Waals surface area (Å²) in [5, 5.41) is 2.72. The van der Waals surface area contributed by atoms with Crippen LogP contribution in [0.2, 0.25) is 0 Å². The lowest BCUT2D eigenvalue weighted by Crippen LogP contribution is -2.40. The molecule has 5 N–H and O–H groups in total. The molecule has 20 heavy (non-hydrogen) atoms. The van der Waals surface area contributed by atoms with Gasteiger partial charge >= 0.3 is 0 Å². The van der Waals surface area contributed by atoms with Gasteiger partial charge in [0.25, 0.3) is 5.91 Å². The van der Waals surface area contributed by atoms with Crippen LogP contribution in [0.1, 0.15) is 20.3 Å². The lowest BCUT2D eigenvalue weighted by molar-refractivity contribution is -0.120. The molecule has 1 aromatic carbocycles. The number of anilines is 1. The maximum atomic E-state index is 11.9. The molecule has 0 aliphatic carbocycles. The largest absolute Gasteiger partial charge is 0.484 e. The molecular formula is C14H21N3O3. The molecule has 0 radical (unpaired) electrons. The van der Waals surface area contributed by atoms with E-state index in [1.807, 2.05) is 13.8 Å². The van der Waals surface area contributed by atoms with Crippen molar-refractivity contribution in [2.24, 2.45) is 17.4 Å². The van der Waals surface area contributed by atoms with Gasteiger partial charge in [0.15, 0.2) is 6.61 Å². The first kappa shape index (κ1) is 16.0. The highest BCUT2D eigenvalue weighted by Crippen LogP contribution is 2.18. The minimum Gasteiger partial charge on any atom is -0.484 e. The van der Waals surface area contributed by atoms with E-state index in [4.69, 9.17) is 16.2 Å². The lowest BCUT2D eigenvalue weighted by atomic mass is 9.99. The molecule has 0 spiro atoms. The molecule has 0 aliphatic heterocycles. The predicted octanol–water partition coefficient (Wildman–Crippen LogP) is 0.863. The molecule has 1 aromatic rings. The van der Waals surface area contributed by atoms with E-state index in [0.717, 1.165) is 6.42 Å². The summed E-state index contributed by atoms with van der Waals surface area (Å²) >= 11 is 0. The van der Waals surface area contributed by atoms with Crippen molar-refractivity contribution in [2.75, 3.05) is 11.9 Å². The number of benzene rings is 1. The van der Waals surface area contributed by atoms with E-state index in [2.05, 4.69) is 5.32 Å². The van der Waals surface area contributed by atoms with E-state index in [9.17, 15) is 9.59 Å². The molecule has 0 unspecified atom stereocenters. The molecule has 0 heterocycles. The SMILES string of the molecule is CC[C@H](C)[C@H](N)C(=O)Nc1cccc(OCC(N)=O)c1. The summed E-state index contributed by atoms with van der Waals surface area (Å²) in [4.78, 5) is 22.6. The molecule has 0 aliphatic rings. The number of ether oxygens (including phenoxy) is 1. The molecule has 0 saturated carbocycles. The lowest BCUT2D eigenvalue weighted by Gasteiger charge is -2.18. The summed E-state index contributed by atoms with van der Waals surface area (Å²) in [7, 11) is 0. The van der Waals surface area contributed by atoms with E-state index in [1.165, 1.54) is 0 Å². The van der Waals surface area contributed by atoms with Crippen LogP contribution in [0.4, 0.5) is 5.69 Å². The third-order valence-corrected chi connectivity index (χ3v) is 3.04. The number of hydrogen-bond donors (Lipinski definition) is 3. The summed E-state index contributed by atoms with van der Waals surface area (Å²) in [5.41, 5.74) is 11.4. The van der Waals surface area contributed by atoms with Crippen LogP contribution in [-0.2, 0) is 9.59 Å². The Morgan fingerprint density at radius 2 is 2.10 bits per heavy atom. The Morgan fingerprint density at radius 3 is 2.70 bits per heavy atom. The van der Waals surface area contributed by atoms with Gasteiger partial charge in [-0.05, 0) is 18.1 Å². The highest BCUT2D eigenvalue weighted by molar-refractivity contribution is 5.95. The van der Waals surface area contributed by atoms with Gasteiger partial charge in [-0.1, -0.05) is 26.3 Å². The fourth-order valence-corrected chi connectivity index (χ4v) is 1.56. The molecule has 110 valence electrons. The molecule has 2 amide bonds. The number of amides is 2. The first-order valence-corrected chi connectivity index (χ1v) is 6.51. The quantitative estimate of drug-likeness (QED) is 0.688. The Bertz CT molecular complexity index is 476. The topological polar surface area (TPSA) is 107 Å². The highest BCUT2D eigenvalue weighted by atomic mass is 16.5. The van der Waals surface area contributed by atoms with Gasteiger partial charge in [-0.15, -0.1) is 0 Å². The smallest absolute Gasteiger partial charge is 0.255 e. The van der Waals surface area contributed by atoms with Crippen LogP contribution < -0.4 is 21.5 Å². The second kappa shape index (κ2) is 7.49. The maximum absolute atomic E-state index is 11.9. The minimum atomic E-state index is -0.560. The van der Waals surface area contributed by atoms with Gasteiger partial charge in [-0.25, -0.2) is 0 Å². The van der Waals surface area contributed by atoms with Gasteiger partial charge < -0.3 is 21.5 Å². The standard InChI is InChI=1S/C14H21N3O3/c1-3-9(2)13(16)14(19)17-10-5-4-6-11(7-10)20-8-12(15)18/h4-7,9,13H,3,8,16H2,1-2H3,(H2,15,18)(H,17,19)/t9-,13-/m0/s1. The number of primary amides is 1. The fraction of sp³-hybridized carbons (Fsp3) is 0.429. The molecule has 0 saturated heterocycles. The van der Waals surface area contributed by atoms with Crippen molar-refractivity contribution in [3.8, 4) is 5.75 Å². The fourth-order valence-electron chi connectivity index (χ4n) is 1.56. The second-order valence-corrected chi connectivity index (χ2v) is 4.68. The van der Waals surface area contributed by atoms with Gasteiger partial charge in [0, 0.05) is 11.8 Å². The molecule has 0 aromatic heterocycles. The zero-order valence-electron chi connectivity index (χ0n) is 11.8. The Kier molecular flexibility index (Phi) is 5.99. The first-order chi connectivity index (χ1) is 9.43. The maximum Gasteiger partial charge on any atom is 0.255 e. The van der Waals surface area contributed by atoms with Crippen molar-refractivity contribution in [3.63, 3.8) is 0 Å². The predicted molar refractivity (Wildman–Crippen MR) is 77.2 cm³/mol. The number of carbonyl (C=O) groups excluding carboxylic acids is 2. The molecule has 6 heteroatoms. The Morgan fingerprint density at radius 1 is 1.40 bits per heavy atom. The van der Waals surface area contributed by atoms with Crippen molar-refractivity contribution in [3.05, 3.63) is 24.3 Å². The average molecular weight is 279 g/mol. The van der Waals surface area contributed by atoms with E-state index >= 15 is 0 Å². The van der Waals surface area contributed by atoms with Gasteiger partial charge in [0.05, 0.1) is 6.04 Å². The normalized spacial score (nSPS) is 13.3. The average Bonchev–Trinajstić information content (AvgIpc) is 2.43. The Balaban J connectivity index is 2.66. The van der Waals surface area contributed by atoms with Crippen LogP contribution in [0.15, 0.2) is 24.3 Å². The number of nitrogens with two attached hydrogens (primary N) is 2. The van der Waals surface area contributed by atoms with Crippen molar-refractivity contribution in [1.82, 2.24) is 0 Å². The summed E-state index contributed by atoms with van der Waals surface area (Å²) in [5.74, 6) is -0.243. The van der Waals surface area contributed by atoms with Crippen LogP contribution >= 0.6 is 0 Å². The van der Waals surface area contributed by atoms with Gasteiger partial charge in [-0.3, -0.25) is 9.59 Å². The summed E-state index contributed by atoms with van der Waals surface area (Å²) in [6.07, 6.45) is 0.830. The Hall–Kier alpha value is -2.08. The molecule has 0 bridgehead atoms. The molecule has 1 rings (SSSR count). The molecule has 2 atom stereocenters. The van der Waals surface area contributed by atoms with E-state index < -0.39 is 11.9 Å². The zero-order valence-corrected chi connectivity index (χ0v) is 11.8. The molecular weight excluding hydrogens is 258 g/mol. The monoisotopic (exact) mass is 279 g/mol. The summed E-state index contributed by atoms with van der Waals surface area (Å²) < 4.78 is 5.16. The van der Waals surface area contributed by atoms with Gasteiger partial charge in [-0.2, -0.15) is 0 Å². The van der Waals surface area contributed by atoms with Crippen LogP contribution in [0, 0.1) is 5.92 Å². The third-order valence-electron chi connectivity index (χ3n) is 3.04. The van der Waals surface area contributed by atoms with Crippen LogP contribution in [0.5, 0.6) is 5.75 Å². The Labute approximate surface area is 118 Å². The van der Waals surface area contributed by atoms with E-state index in [0.29, 0.717) is 11.4 Å². The number of hydrogen-bond acceptors (Lipinski definition) is 4. The molecule has 0 fully saturated rings. The van der Waals surface area contributed by atoms with Crippen LogP contribution in [0.3, 0.4) is 0 Å². The third kappa shape index (κ3) is 4.89. The van der Waals surface area contributed by atoms with Crippen LogP contribution in [-0.4, -0.2) is 24.5 Å². The van der Waals surface area contributed by atoms with Crippen molar-refractivity contribution in [1.29, 1.82) is 0 Å². The summed E-state index contributed by atoms with van der Waals surface area (Å²) in [6.45, 7) is 3.70. The van der Waals surface area contributed by atoms with Crippen molar-refractivity contribution in [2.45, 2.75) is 26.3 Å². The van der Waals surface area contributed by atoms with Gasteiger partial charge in [0.2, 0.25) is 5.91 Å². The van der Waals surface area contributed by atoms with Gasteiger partial charge in [0.1, 0.15) is 5.75 Å². The number of rotatable bonds is 7. The van der Waals surface area contributed by atoms with Crippen molar-refractivity contribution < 1.29 is 14.3 Å².